The SMILES string of the molecule is Nc1ccc(O)cc1-c1cc(=O)c2ccccc2o1. The minimum absolute atomic E-state index is 0.0695. The molecule has 4 heteroatoms. The van der Waals surface area contributed by atoms with Gasteiger partial charge in [-0.25, -0.2) is 0 Å². The van der Waals surface area contributed by atoms with Crippen LogP contribution in [0.2, 0.25) is 0 Å². The molecule has 0 fully saturated rings. The van der Waals surface area contributed by atoms with Crippen LogP contribution in [0.3, 0.4) is 0 Å². The Hall–Kier alpha value is -2.75. The summed E-state index contributed by atoms with van der Waals surface area (Å²) in [6.07, 6.45) is 0. The Morgan fingerprint density at radius 3 is 2.68 bits per heavy atom. The van der Waals surface area contributed by atoms with E-state index >= 15 is 0 Å². The first-order valence-electron chi connectivity index (χ1n) is 5.77. The number of hydrogen-bond donors (Lipinski definition) is 2. The summed E-state index contributed by atoms with van der Waals surface area (Å²) in [5.74, 6) is 0.414. The van der Waals surface area contributed by atoms with E-state index in [2.05, 4.69) is 0 Å². The van der Waals surface area contributed by atoms with Crippen LogP contribution in [0, 0.1) is 0 Å². The Labute approximate surface area is 108 Å². The molecule has 0 aliphatic carbocycles. The number of phenols is 1. The van der Waals surface area contributed by atoms with E-state index in [9.17, 15) is 9.90 Å². The molecule has 0 unspecified atom stereocenters. The summed E-state index contributed by atoms with van der Waals surface area (Å²) in [6.45, 7) is 0. The lowest BCUT2D eigenvalue weighted by atomic mass is 10.1. The van der Waals surface area contributed by atoms with Gasteiger partial charge < -0.3 is 15.3 Å². The normalized spacial score (nSPS) is 10.7. The Kier molecular flexibility index (Phi) is 2.49. The highest BCUT2D eigenvalue weighted by atomic mass is 16.3. The molecule has 0 saturated heterocycles. The van der Waals surface area contributed by atoms with Gasteiger partial charge in [0.2, 0.25) is 0 Å². The van der Waals surface area contributed by atoms with Gasteiger partial charge in [0.05, 0.1) is 5.39 Å². The zero-order chi connectivity index (χ0) is 13.4. The van der Waals surface area contributed by atoms with Crippen LogP contribution in [0.25, 0.3) is 22.3 Å². The maximum absolute atomic E-state index is 12.0. The number of rotatable bonds is 1. The molecule has 0 atom stereocenters. The van der Waals surface area contributed by atoms with E-state index in [0.29, 0.717) is 28.0 Å². The maximum Gasteiger partial charge on any atom is 0.193 e. The number of hydrogen-bond acceptors (Lipinski definition) is 4. The highest BCUT2D eigenvalue weighted by Crippen LogP contribution is 2.30. The summed E-state index contributed by atoms with van der Waals surface area (Å²) in [5.41, 5.74) is 7.14. The summed E-state index contributed by atoms with van der Waals surface area (Å²) in [4.78, 5) is 12.0. The van der Waals surface area contributed by atoms with Gasteiger partial charge in [0.25, 0.3) is 0 Å². The third kappa shape index (κ3) is 1.93. The number of para-hydroxylation sites is 1. The number of anilines is 1. The van der Waals surface area contributed by atoms with Crippen LogP contribution in [0.1, 0.15) is 0 Å². The molecule has 0 amide bonds. The van der Waals surface area contributed by atoms with Crippen LogP contribution >= 0.6 is 0 Å². The van der Waals surface area contributed by atoms with Crippen molar-refractivity contribution >= 4 is 16.7 Å². The fourth-order valence-corrected chi connectivity index (χ4v) is 1.99. The van der Waals surface area contributed by atoms with Gasteiger partial charge in [0.1, 0.15) is 17.1 Å². The zero-order valence-electron chi connectivity index (χ0n) is 9.96. The Morgan fingerprint density at radius 1 is 1.05 bits per heavy atom. The average molecular weight is 253 g/mol. The van der Waals surface area contributed by atoms with Crippen LogP contribution in [0.4, 0.5) is 5.69 Å². The Morgan fingerprint density at radius 2 is 1.84 bits per heavy atom. The lowest BCUT2D eigenvalue weighted by Crippen LogP contribution is -2.01. The van der Waals surface area contributed by atoms with Crippen molar-refractivity contribution in [3.05, 3.63) is 58.8 Å². The fourth-order valence-electron chi connectivity index (χ4n) is 1.99. The number of phenolic OH excluding ortho intramolecular Hbond substituents is 1. The van der Waals surface area contributed by atoms with Crippen molar-refractivity contribution in [2.24, 2.45) is 0 Å². The summed E-state index contributed by atoms with van der Waals surface area (Å²) in [6, 6.07) is 12.9. The van der Waals surface area contributed by atoms with Crippen molar-refractivity contribution in [3.63, 3.8) is 0 Å². The van der Waals surface area contributed by atoms with E-state index in [1.165, 1.54) is 18.2 Å². The average Bonchev–Trinajstić information content (AvgIpc) is 2.41. The monoisotopic (exact) mass is 253 g/mol. The quantitative estimate of drug-likeness (QED) is 0.516. The largest absolute Gasteiger partial charge is 0.508 e. The van der Waals surface area contributed by atoms with E-state index in [-0.39, 0.29) is 11.2 Å². The van der Waals surface area contributed by atoms with Crippen molar-refractivity contribution in [1.29, 1.82) is 0 Å². The molecule has 0 aliphatic heterocycles. The molecular formula is C15H11NO3. The zero-order valence-corrected chi connectivity index (χ0v) is 9.96. The highest BCUT2D eigenvalue weighted by molar-refractivity contribution is 5.81. The molecule has 0 spiro atoms. The van der Waals surface area contributed by atoms with Crippen LogP contribution in [0.15, 0.2) is 57.7 Å². The smallest absolute Gasteiger partial charge is 0.193 e. The van der Waals surface area contributed by atoms with Crippen LogP contribution in [-0.4, -0.2) is 5.11 Å². The standard InChI is InChI=1S/C15H11NO3/c16-12-6-5-9(17)7-11(12)15-8-13(18)10-3-1-2-4-14(10)19-15/h1-8,17H,16H2. The second-order valence-electron chi connectivity index (χ2n) is 4.24. The third-order valence-electron chi connectivity index (χ3n) is 2.94. The van der Waals surface area contributed by atoms with Gasteiger partial charge in [-0.15, -0.1) is 0 Å². The molecule has 94 valence electrons. The fraction of sp³-hybridized carbons (Fsp3) is 0. The molecule has 0 bridgehead atoms. The van der Waals surface area contributed by atoms with Gasteiger partial charge in [-0.3, -0.25) is 4.79 Å². The summed E-state index contributed by atoms with van der Waals surface area (Å²) < 4.78 is 5.67. The van der Waals surface area contributed by atoms with Crippen molar-refractivity contribution < 1.29 is 9.52 Å². The second-order valence-corrected chi connectivity index (χ2v) is 4.24. The maximum atomic E-state index is 12.0. The van der Waals surface area contributed by atoms with Gasteiger partial charge in [-0.2, -0.15) is 0 Å². The van der Waals surface area contributed by atoms with E-state index in [1.54, 1.807) is 30.3 Å². The predicted molar refractivity (Wildman–Crippen MR) is 74.0 cm³/mol. The van der Waals surface area contributed by atoms with Gasteiger partial charge in [-0.05, 0) is 30.3 Å². The van der Waals surface area contributed by atoms with E-state index in [1.807, 2.05) is 0 Å². The molecule has 3 N–H and O–H groups in total. The summed E-state index contributed by atoms with van der Waals surface area (Å²) in [7, 11) is 0. The molecule has 19 heavy (non-hydrogen) atoms. The van der Waals surface area contributed by atoms with E-state index in [4.69, 9.17) is 10.2 Å². The first-order valence-corrected chi connectivity index (χ1v) is 5.77. The molecule has 2 aromatic carbocycles. The Balaban J connectivity index is 2.31. The van der Waals surface area contributed by atoms with Crippen LogP contribution in [0.5, 0.6) is 5.75 Å². The van der Waals surface area contributed by atoms with E-state index < -0.39 is 0 Å². The first-order chi connectivity index (χ1) is 9.15. The van der Waals surface area contributed by atoms with Crippen molar-refractivity contribution in [2.75, 3.05) is 5.73 Å². The highest BCUT2D eigenvalue weighted by Gasteiger charge is 2.10. The van der Waals surface area contributed by atoms with E-state index in [0.717, 1.165) is 0 Å². The number of benzene rings is 2. The number of fused-ring (bicyclic) bond motifs is 1. The molecule has 0 radical (unpaired) electrons. The Bertz CT molecular complexity index is 821. The molecule has 1 heterocycles. The van der Waals surface area contributed by atoms with Gasteiger partial charge >= 0.3 is 0 Å². The predicted octanol–water partition coefficient (Wildman–Crippen LogP) is 2.75. The molecular weight excluding hydrogens is 242 g/mol. The lowest BCUT2D eigenvalue weighted by Gasteiger charge is -2.06. The second kappa shape index (κ2) is 4.17. The molecule has 3 rings (SSSR count). The van der Waals surface area contributed by atoms with Crippen molar-refractivity contribution in [1.82, 2.24) is 0 Å². The topological polar surface area (TPSA) is 76.5 Å². The van der Waals surface area contributed by atoms with Gasteiger partial charge in [-0.1, -0.05) is 12.1 Å². The molecule has 0 saturated carbocycles. The molecule has 0 aliphatic rings. The molecule has 4 nitrogen and oxygen atoms in total. The minimum Gasteiger partial charge on any atom is -0.508 e. The summed E-state index contributed by atoms with van der Waals surface area (Å²) in [5, 5.41) is 10.0. The number of aromatic hydroxyl groups is 1. The van der Waals surface area contributed by atoms with Crippen molar-refractivity contribution in [2.45, 2.75) is 0 Å². The van der Waals surface area contributed by atoms with Gasteiger partial charge in [0.15, 0.2) is 5.43 Å². The minimum atomic E-state index is -0.139. The summed E-state index contributed by atoms with van der Waals surface area (Å²) >= 11 is 0. The third-order valence-corrected chi connectivity index (χ3v) is 2.94. The van der Waals surface area contributed by atoms with Crippen LogP contribution in [-0.2, 0) is 0 Å². The van der Waals surface area contributed by atoms with Crippen LogP contribution < -0.4 is 11.2 Å². The number of nitrogen functional groups attached to an aromatic ring is 1. The first kappa shape index (κ1) is 11.3. The molecule has 3 aromatic rings. The van der Waals surface area contributed by atoms with Gasteiger partial charge in [0, 0.05) is 17.3 Å². The lowest BCUT2D eigenvalue weighted by molar-refractivity contribution is 0.475. The van der Waals surface area contributed by atoms with Crippen molar-refractivity contribution in [3.8, 4) is 17.1 Å². The molecule has 1 aromatic heterocycles. The number of nitrogens with two attached hydrogens (primary N) is 1.